The van der Waals surface area contributed by atoms with E-state index in [1.807, 2.05) is 30.6 Å². The Morgan fingerprint density at radius 3 is 2.71 bits per heavy atom. The number of amidine groups is 1. The number of rotatable bonds is 7. The summed E-state index contributed by atoms with van der Waals surface area (Å²) in [7, 11) is 0. The minimum absolute atomic E-state index is 0.0573. The maximum atomic E-state index is 13.4. The van der Waals surface area contributed by atoms with Crippen LogP contribution in [0.15, 0.2) is 73.2 Å². The molecule has 2 unspecified atom stereocenters. The molecule has 1 aliphatic carbocycles. The van der Waals surface area contributed by atoms with Gasteiger partial charge in [-0.05, 0) is 79.3 Å². The number of aromatic nitrogens is 2. The summed E-state index contributed by atoms with van der Waals surface area (Å²) in [6, 6.07) is 9.98. The molecule has 1 aliphatic heterocycles. The molecule has 0 bridgehead atoms. The van der Waals surface area contributed by atoms with Crippen molar-refractivity contribution in [2.45, 2.75) is 19.4 Å². The summed E-state index contributed by atoms with van der Waals surface area (Å²) in [5.74, 6) is 1.64. The Morgan fingerprint density at radius 1 is 1.14 bits per heavy atom. The summed E-state index contributed by atoms with van der Waals surface area (Å²) in [6.45, 7) is 3.12. The Morgan fingerprint density at radius 2 is 1.94 bits per heavy atom. The quantitative estimate of drug-likeness (QED) is 0.311. The summed E-state index contributed by atoms with van der Waals surface area (Å²) in [4.78, 5) is 7.26. The van der Waals surface area contributed by atoms with E-state index in [1.165, 1.54) is 30.4 Å². The van der Waals surface area contributed by atoms with Crippen LogP contribution in [0.5, 0.6) is 0 Å². The van der Waals surface area contributed by atoms with Crippen molar-refractivity contribution in [1.29, 1.82) is 10.8 Å². The molecule has 180 valence electrons. The molecule has 2 fully saturated rings. The fourth-order valence-electron chi connectivity index (χ4n) is 5.31. The van der Waals surface area contributed by atoms with E-state index < -0.39 is 5.82 Å². The van der Waals surface area contributed by atoms with Crippen LogP contribution in [-0.4, -0.2) is 38.9 Å². The highest BCUT2D eigenvalue weighted by Crippen LogP contribution is 2.42. The van der Waals surface area contributed by atoms with Gasteiger partial charge in [0.25, 0.3) is 0 Å². The van der Waals surface area contributed by atoms with E-state index in [2.05, 4.69) is 26.9 Å². The van der Waals surface area contributed by atoms with Gasteiger partial charge in [0.2, 0.25) is 0 Å². The normalized spacial score (nSPS) is 22.4. The number of pyridine rings is 1. The van der Waals surface area contributed by atoms with Crippen molar-refractivity contribution in [3.63, 3.8) is 0 Å². The van der Waals surface area contributed by atoms with Crippen molar-refractivity contribution in [2.24, 2.45) is 17.8 Å². The summed E-state index contributed by atoms with van der Waals surface area (Å²) in [5.41, 5.74) is 2.48. The molecule has 1 saturated carbocycles. The van der Waals surface area contributed by atoms with Crippen molar-refractivity contribution in [2.75, 3.05) is 13.1 Å². The summed E-state index contributed by atoms with van der Waals surface area (Å²) in [5, 5.41) is 19.4. The van der Waals surface area contributed by atoms with Gasteiger partial charge in [0.15, 0.2) is 0 Å². The van der Waals surface area contributed by atoms with Crippen molar-refractivity contribution >= 4 is 28.8 Å². The number of likely N-dealkylation sites (tertiary alicyclic amines) is 1. The minimum atomic E-state index is -0.446. The summed E-state index contributed by atoms with van der Waals surface area (Å²) >= 11 is 6.04. The van der Waals surface area contributed by atoms with E-state index >= 15 is 0 Å². The van der Waals surface area contributed by atoms with Crippen LogP contribution in [0.1, 0.15) is 24.1 Å². The van der Waals surface area contributed by atoms with E-state index in [-0.39, 0.29) is 11.5 Å². The SMILES string of the molecule is N=C(/C=C\C(=N)c1cc(F)ccc1Cl)N/C=C/C1CC2CN(Cc3cn4ccccc4n3)C[C@H]2C1. The lowest BCUT2D eigenvalue weighted by molar-refractivity contribution is 0.294. The molecule has 1 aromatic carbocycles. The molecule has 1 saturated heterocycles. The van der Waals surface area contributed by atoms with E-state index in [4.69, 9.17) is 27.4 Å². The third-order valence-electron chi connectivity index (χ3n) is 6.91. The molecule has 5 rings (SSSR count). The molecule has 0 amide bonds. The number of fused-ring (bicyclic) bond motifs is 2. The lowest BCUT2D eigenvalue weighted by atomic mass is 10.0. The second kappa shape index (κ2) is 10.1. The smallest absolute Gasteiger partial charge is 0.137 e. The topological polar surface area (TPSA) is 80.3 Å². The first-order chi connectivity index (χ1) is 16.9. The van der Waals surface area contributed by atoms with Crippen LogP contribution in [0.4, 0.5) is 4.39 Å². The Bertz CT molecular complexity index is 1260. The molecular formula is C27H28ClFN6. The maximum absolute atomic E-state index is 13.4. The molecule has 3 atom stereocenters. The summed E-state index contributed by atoms with van der Waals surface area (Å²) in [6.07, 6.45) is 13.4. The minimum Gasteiger partial charge on any atom is -0.347 e. The first kappa shape index (κ1) is 23.5. The van der Waals surface area contributed by atoms with Gasteiger partial charge in [0.1, 0.15) is 17.3 Å². The lowest BCUT2D eigenvalue weighted by Crippen LogP contribution is -2.22. The lowest BCUT2D eigenvalue weighted by Gasteiger charge is -2.16. The highest BCUT2D eigenvalue weighted by atomic mass is 35.5. The van der Waals surface area contributed by atoms with Crippen LogP contribution in [-0.2, 0) is 6.54 Å². The van der Waals surface area contributed by atoms with E-state index in [9.17, 15) is 4.39 Å². The van der Waals surface area contributed by atoms with Crippen LogP contribution in [0.3, 0.4) is 0 Å². The number of nitrogens with zero attached hydrogens (tertiary/aromatic N) is 3. The molecule has 3 N–H and O–H groups in total. The van der Waals surface area contributed by atoms with E-state index in [1.54, 1.807) is 0 Å². The number of hydrogen-bond donors (Lipinski definition) is 3. The van der Waals surface area contributed by atoms with Crippen molar-refractivity contribution in [3.05, 3.63) is 95.3 Å². The molecular weight excluding hydrogens is 463 g/mol. The molecule has 3 heterocycles. The predicted octanol–water partition coefficient (Wildman–Crippen LogP) is 5.29. The zero-order valence-electron chi connectivity index (χ0n) is 19.3. The fourth-order valence-corrected chi connectivity index (χ4v) is 5.52. The fraction of sp³-hybridized carbons (Fsp3) is 0.296. The van der Waals surface area contributed by atoms with Gasteiger partial charge in [-0.1, -0.05) is 23.7 Å². The molecule has 0 radical (unpaired) electrons. The van der Waals surface area contributed by atoms with Crippen LogP contribution >= 0.6 is 11.6 Å². The van der Waals surface area contributed by atoms with Crippen LogP contribution in [0, 0.1) is 34.4 Å². The van der Waals surface area contributed by atoms with Crippen LogP contribution in [0.2, 0.25) is 5.02 Å². The van der Waals surface area contributed by atoms with Crippen LogP contribution in [0.25, 0.3) is 5.65 Å². The third-order valence-corrected chi connectivity index (χ3v) is 7.23. The van der Waals surface area contributed by atoms with Gasteiger partial charge in [0, 0.05) is 37.6 Å². The predicted molar refractivity (Wildman–Crippen MR) is 138 cm³/mol. The zero-order valence-corrected chi connectivity index (χ0v) is 20.0. The Balaban J connectivity index is 1.07. The molecule has 8 heteroatoms. The average Bonchev–Trinajstić information content (AvgIpc) is 3.51. The number of allylic oxidation sites excluding steroid dienone is 2. The molecule has 3 aromatic rings. The second-order valence-electron chi connectivity index (χ2n) is 9.43. The van der Waals surface area contributed by atoms with Gasteiger partial charge >= 0.3 is 0 Å². The van der Waals surface area contributed by atoms with Gasteiger partial charge < -0.3 is 15.1 Å². The standard InChI is InChI=1S/C27H28ClFN6/c28-24-5-4-21(29)13-23(24)25(30)6-7-26(31)32-9-8-18-11-19-14-34(15-20(19)12-18)16-22-17-35-10-2-1-3-27(35)33-22/h1-10,13,17-20,30H,11-12,14-16H2,(H2,31,32)/b7-6-,9-8+,30-25?/t18?,19-,20?/m1/s1. The number of hydrogen-bond acceptors (Lipinski definition) is 4. The monoisotopic (exact) mass is 490 g/mol. The van der Waals surface area contributed by atoms with Gasteiger partial charge in [-0.3, -0.25) is 10.3 Å². The third kappa shape index (κ3) is 5.52. The van der Waals surface area contributed by atoms with Crippen molar-refractivity contribution in [1.82, 2.24) is 19.6 Å². The first-order valence-corrected chi connectivity index (χ1v) is 12.2. The Kier molecular flexibility index (Phi) is 6.79. The van der Waals surface area contributed by atoms with Gasteiger partial charge in [0.05, 0.1) is 16.4 Å². The number of benzene rings is 1. The summed E-state index contributed by atoms with van der Waals surface area (Å²) < 4.78 is 15.5. The average molecular weight is 491 g/mol. The molecule has 2 aromatic heterocycles. The first-order valence-electron chi connectivity index (χ1n) is 11.8. The van der Waals surface area contributed by atoms with E-state index in [0.29, 0.717) is 28.3 Å². The van der Waals surface area contributed by atoms with Crippen molar-refractivity contribution < 1.29 is 4.39 Å². The van der Waals surface area contributed by atoms with Crippen LogP contribution < -0.4 is 5.32 Å². The number of imidazole rings is 1. The molecule has 0 spiro atoms. The van der Waals surface area contributed by atoms with Gasteiger partial charge in [-0.15, -0.1) is 0 Å². The largest absolute Gasteiger partial charge is 0.347 e. The highest BCUT2D eigenvalue weighted by Gasteiger charge is 2.39. The zero-order chi connectivity index (χ0) is 24.4. The Labute approximate surface area is 209 Å². The van der Waals surface area contributed by atoms with Crippen molar-refractivity contribution in [3.8, 4) is 0 Å². The van der Waals surface area contributed by atoms with Gasteiger partial charge in [-0.25, -0.2) is 9.37 Å². The van der Waals surface area contributed by atoms with Gasteiger partial charge in [-0.2, -0.15) is 0 Å². The maximum Gasteiger partial charge on any atom is 0.137 e. The molecule has 35 heavy (non-hydrogen) atoms. The molecule has 2 aliphatic rings. The number of halogens is 2. The second-order valence-corrected chi connectivity index (χ2v) is 9.84. The highest BCUT2D eigenvalue weighted by molar-refractivity contribution is 6.34. The number of nitrogens with one attached hydrogen (secondary N) is 3. The molecule has 6 nitrogen and oxygen atoms in total. The van der Waals surface area contributed by atoms with E-state index in [0.717, 1.165) is 43.8 Å². The Hall–Kier alpha value is -3.29.